The number of carbonyl (C=O) groups is 1. The van der Waals surface area contributed by atoms with Crippen molar-refractivity contribution < 1.29 is 13.2 Å². The third-order valence-corrected chi connectivity index (χ3v) is 4.26. The van der Waals surface area contributed by atoms with Crippen LogP contribution in [0.5, 0.6) is 0 Å². The van der Waals surface area contributed by atoms with Crippen molar-refractivity contribution in [2.75, 3.05) is 11.6 Å². The van der Waals surface area contributed by atoms with Gasteiger partial charge in [-0.15, -0.1) is 5.10 Å². The molecule has 0 spiro atoms. The molecule has 3 aromatic rings. The first kappa shape index (κ1) is 15.1. The third-order valence-electron chi connectivity index (χ3n) is 3.15. The summed E-state index contributed by atoms with van der Waals surface area (Å²) in [5.41, 5.74) is 1.14. The summed E-state index contributed by atoms with van der Waals surface area (Å²) in [5.74, 6) is -0.267. The van der Waals surface area contributed by atoms with E-state index in [1.165, 1.54) is 16.6 Å². The molecule has 0 aliphatic rings. The fourth-order valence-corrected chi connectivity index (χ4v) is 2.66. The molecule has 3 rings (SSSR count). The van der Waals surface area contributed by atoms with Gasteiger partial charge in [-0.2, -0.15) is 4.98 Å². The fourth-order valence-electron chi connectivity index (χ4n) is 1.99. The van der Waals surface area contributed by atoms with Gasteiger partial charge in [0, 0.05) is 23.8 Å². The monoisotopic (exact) mass is 331 g/mol. The molecule has 23 heavy (non-hydrogen) atoms. The Kier molecular flexibility index (Phi) is 3.57. The van der Waals surface area contributed by atoms with E-state index in [9.17, 15) is 13.2 Å². The molecule has 0 radical (unpaired) electrons. The zero-order chi connectivity index (χ0) is 16.6. The van der Waals surface area contributed by atoms with E-state index < -0.39 is 15.7 Å². The summed E-state index contributed by atoms with van der Waals surface area (Å²) in [4.78, 5) is 20.4. The number of nitrogens with one attached hydrogen (secondary N) is 1. The Balaban J connectivity index is 1.90. The highest BCUT2D eigenvalue weighted by Crippen LogP contribution is 2.16. The van der Waals surface area contributed by atoms with Crippen LogP contribution in [0.3, 0.4) is 0 Å². The van der Waals surface area contributed by atoms with Crippen LogP contribution in [-0.2, 0) is 9.84 Å². The summed E-state index contributed by atoms with van der Waals surface area (Å²) in [5, 5.41) is 6.67. The molecule has 9 heteroatoms. The summed E-state index contributed by atoms with van der Waals surface area (Å²) in [6.07, 6.45) is 2.68. The van der Waals surface area contributed by atoms with Crippen LogP contribution < -0.4 is 5.32 Å². The number of amides is 1. The van der Waals surface area contributed by atoms with Gasteiger partial charge in [0.25, 0.3) is 11.7 Å². The fraction of sp³-hybridized carbons (Fsp3) is 0.143. The maximum Gasteiger partial charge on any atom is 0.295 e. The molecule has 0 fully saturated rings. The number of carbonyl (C=O) groups excluding carboxylic acids is 1. The highest BCUT2D eigenvalue weighted by atomic mass is 32.2. The van der Waals surface area contributed by atoms with E-state index in [1.54, 1.807) is 24.4 Å². The van der Waals surface area contributed by atoms with Gasteiger partial charge < -0.3 is 5.32 Å². The van der Waals surface area contributed by atoms with E-state index >= 15 is 0 Å². The highest BCUT2D eigenvalue weighted by molar-refractivity contribution is 7.90. The molecule has 0 saturated heterocycles. The zero-order valence-electron chi connectivity index (χ0n) is 12.4. The molecular weight excluding hydrogens is 318 g/mol. The van der Waals surface area contributed by atoms with Gasteiger partial charge in [-0.1, -0.05) is 6.07 Å². The molecule has 118 valence electrons. The minimum Gasteiger partial charge on any atom is -0.319 e. The number of rotatable bonds is 3. The van der Waals surface area contributed by atoms with Gasteiger partial charge in [0.1, 0.15) is 0 Å². The van der Waals surface area contributed by atoms with Crippen LogP contribution in [0, 0.1) is 6.92 Å². The van der Waals surface area contributed by atoms with Gasteiger partial charge in [0.2, 0.25) is 5.82 Å². The zero-order valence-corrected chi connectivity index (χ0v) is 13.2. The van der Waals surface area contributed by atoms with Crippen LogP contribution in [0.15, 0.2) is 41.4 Å². The SMILES string of the molecule is Cc1ccnc2nc(C(=O)Nc3cccc(S(C)(=O)=O)c3)nn12. The molecule has 1 N–H and O–H groups in total. The van der Waals surface area contributed by atoms with E-state index in [-0.39, 0.29) is 10.7 Å². The molecular formula is C14H13N5O3S. The first-order valence-corrected chi connectivity index (χ1v) is 8.53. The van der Waals surface area contributed by atoms with Crippen molar-refractivity contribution in [3.05, 3.63) is 48.0 Å². The molecule has 0 unspecified atom stereocenters. The standard InChI is InChI=1S/C14H13N5O3S/c1-9-6-7-15-14-17-12(18-19(9)14)13(20)16-10-4-3-5-11(8-10)23(2,21)22/h3-8H,1-2H3,(H,16,20). The number of benzene rings is 1. The molecule has 0 bridgehead atoms. The average molecular weight is 331 g/mol. The lowest BCUT2D eigenvalue weighted by Crippen LogP contribution is -2.14. The Morgan fingerprint density at radius 2 is 2.04 bits per heavy atom. The second-order valence-corrected chi connectivity index (χ2v) is 7.00. The van der Waals surface area contributed by atoms with E-state index in [4.69, 9.17) is 0 Å². The molecule has 0 atom stereocenters. The first-order valence-electron chi connectivity index (χ1n) is 6.64. The summed E-state index contributed by atoms with van der Waals surface area (Å²) in [7, 11) is -3.35. The summed E-state index contributed by atoms with van der Waals surface area (Å²) >= 11 is 0. The van der Waals surface area contributed by atoms with Crippen LogP contribution in [0.2, 0.25) is 0 Å². The molecule has 0 aliphatic carbocycles. The van der Waals surface area contributed by atoms with Crippen LogP contribution in [0.1, 0.15) is 16.3 Å². The lowest BCUT2D eigenvalue weighted by molar-refractivity contribution is 0.101. The van der Waals surface area contributed by atoms with Gasteiger partial charge in [-0.05, 0) is 31.2 Å². The number of aryl methyl sites for hydroxylation is 1. The Hall–Kier alpha value is -2.81. The molecule has 2 heterocycles. The molecule has 1 amide bonds. The third kappa shape index (κ3) is 3.04. The van der Waals surface area contributed by atoms with Gasteiger partial charge in [-0.3, -0.25) is 4.79 Å². The number of hydrogen-bond donors (Lipinski definition) is 1. The Morgan fingerprint density at radius 3 is 2.74 bits per heavy atom. The summed E-state index contributed by atoms with van der Waals surface area (Å²) in [6.45, 7) is 1.82. The second kappa shape index (κ2) is 5.43. The van der Waals surface area contributed by atoms with Gasteiger partial charge >= 0.3 is 0 Å². The normalized spacial score (nSPS) is 11.6. The summed E-state index contributed by atoms with van der Waals surface area (Å²) in [6, 6.07) is 7.73. The number of aromatic nitrogens is 4. The predicted octanol–water partition coefficient (Wildman–Crippen LogP) is 1.09. The van der Waals surface area contributed by atoms with Crippen LogP contribution in [0.25, 0.3) is 5.78 Å². The maximum absolute atomic E-state index is 12.2. The highest BCUT2D eigenvalue weighted by Gasteiger charge is 2.15. The minimum absolute atomic E-state index is 0.0449. The van der Waals surface area contributed by atoms with E-state index in [0.717, 1.165) is 11.9 Å². The molecule has 2 aromatic heterocycles. The van der Waals surface area contributed by atoms with E-state index in [2.05, 4.69) is 20.4 Å². The number of anilines is 1. The van der Waals surface area contributed by atoms with Crippen molar-refractivity contribution in [3.8, 4) is 0 Å². The van der Waals surface area contributed by atoms with Crippen molar-refractivity contribution in [2.24, 2.45) is 0 Å². The van der Waals surface area contributed by atoms with Gasteiger partial charge in [-0.25, -0.2) is 17.9 Å². The molecule has 8 nitrogen and oxygen atoms in total. The van der Waals surface area contributed by atoms with Gasteiger partial charge in [0.05, 0.1) is 4.90 Å². The average Bonchev–Trinajstić information content (AvgIpc) is 2.92. The quantitative estimate of drug-likeness (QED) is 0.770. The minimum atomic E-state index is -3.35. The van der Waals surface area contributed by atoms with Crippen molar-refractivity contribution in [1.82, 2.24) is 19.6 Å². The van der Waals surface area contributed by atoms with Crippen LogP contribution in [-0.4, -0.2) is 40.2 Å². The summed E-state index contributed by atoms with van der Waals surface area (Å²) < 4.78 is 24.6. The predicted molar refractivity (Wildman–Crippen MR) is 83.0 cm³/mol. The smallest absolute Gasteiger partial charge is 0.295 e. The number of fused-ring (bicyclic) bond motifs is 1. The molecule has 1 aromatic carbocycles. The maximum atomic E-state index is 12.2. The van der Waals surface area contributed by atoms with E-state index in [0.29, 0.717) is 11.5 Å². The van der Waals surface area contributed by atoms with Crippen LogP contribution >= 0.6 is 0 Å². The topological polar surface area (TPSA) is 106 Å². The van der Waals surface area contributed by atoms with Crippen molar-refractivity contribution in [1.29, 1.82) is 0 Å². The largest absolute Gasteiger partial charge is 0.319 e. The lowest BCUT2D eigenvalue weighted by Gasteiger charge is -2.04. The molecule has 0 aliphatic heterocycles. The van der Waals surface area contributed by atoms with Gasteiger partial charge in [0.15, 0.2) is 9.84 Å². The number of hydrogen-bond acceptors (Lipinski definition) is 6. The lowest BCUT2D eigenvalue weighted by atomic mass is 10.3. The second-order valence-electron chi connectivity index (χ2n) is 4.99. The first-order chi connectivity index (χ1) is 10.8. The Bertz CT molecular complexity index is 1010. The number of nitrogens with zero attached hydrogens (tertiary/aromatic N) is 4. The Morgan fingerprint density at radius 1 is 1.26 bits per heavy atom. The molecule has 0 saturated carbocycles. The van der Waals surface area contributed by atoms with Crippen molar-refractivity contribution >= 4 is 27.2 Å². The number of sulfone groups is 1. The van der Waals surface area contributed by atoms with Crippen LogP contribution in [0.4, 0.5) is 5.69 Å². The van der Waals surface area contributed by atoms with E-state index in [1.807, 2.05) is 6.92 Å². The van der Waals surface area contributed by atoms with Crippen molar-refractivity contribution in [3.63, 3.8) is 0 Å². The Labute approximate surface area is 132 Å². The van der Waals surface area contributed by atoms with Crippen molar-refractivity contribution in [2.45, 2.75) is 11.8 Å².